The van der Waals surface area contributed by atoms with Crippen LogP contribution in [0.5, 0.6) is 5.75 Å². The van der Waals surface area contributed by atoms with Crippen LogP contribution in [0.3, 0.4) is 0 Å². The van der Waals surface area contributed by atoms with E-state index in [1.807, 2.05) is 28.8 Å². The molecule has 6 nitrogen and oxygen atoms in total. The van der Waals surface area contributed by atoms with E-state index in [0.29, 0.717) is 33.6 Å². The van der Waals surface area contributed by atoms with Gasteiger partial charge < -0.3 is 19.5 Å². The topological polar surface area (TPSA) is 88.8 Å². The highest BCUT2D eigenvalue weighted by molar-refractivity contribution is 6.11. The highest BCUT2D eigenvalue weighted by Gasteiger charge is 2.25. The van der Waals surface area contributed by atoms with Crippen LogP contribution in [0.15, 0.2) is 66.7 Å². The van der Waals surface area contributed by atoms with E-state index >= 15 is 0 Å². The van der Waals surface area contributed by atoms with Gasteiger partial charge in [-0.15, -0.1) is 0 Å². The fraction of sp³-hybridized carbons (Fsp3) is 0.154. The van der Waals surface area contributed by atoms with Crippen molar-refractivity contribution in [2.45, 2.75) is 19.8 Å². The number of nitrogens with zero attached hydrogens (tertiary/aromatic N) is 1. The van der Waals surface area contributed by atoms with E-state index in [9.17, 15) is 19.8 Å². The van der Waals surface area contributed by atoms with Crippen molar-refractivity contribution in [3.63, 3.8) is 0 Å². The quantitative estimate of drug-likeness (QED) is 0.403. The molecule has 0 fully saturated rings. The van der Waals surface area contributed by atoms with Gasteiger partial charge in [-0.25, -0.2) is 9.59 Å². The van der Waals surface area contributed by atoms with Crippen LogP contribution in [-0.4, -0.2) is 33.8 Å². The maximum Gasteiger partial charge on any atom is 0.338 e. The molecule has 0 aliphatic heterocycles. The molecule has 0 aliphatic rings. The van der Waals surface area contributed by atoms with Gasteiger partial charge in [0.2, 0.25) is 0 Å². The fourth-order valence-electron chi connectivity index (χ4n) is 3.93. The van der Waals surface area contributed by atoms with Gasteiger partial charge in [0, 0.05) is 11.1 Å². The lowest BCUT2D eigenvalue weighted by molar-refractivity contribution is 0.0599. The minimum Gasteiger partial charge on any atom is -0.508 e. The number of carboxylic acid groups (broad SMARTS) is 1. The number of rotatable bonds is 5. The van der Waals surface area contributed by atoms with Crippen molar-refractivity contribution in [1.82, 2.24) is 4.57 Å². The van der Waals surface area contributed by atoms with Crippen LogP contribution in [-0.2, 0) is 4.74 Å². The van der Waals surface area contributed by atoms with Crippen molar-refractivity contribution in [3.8, 4) is 22.7 Å². The Morgan fingerprint density at radius 3 is 2.16 bits per heavy atom. The third kappa shape index (κ3) is 3.60. The normalized spacial score (nSPS) is 11.1. The maximum absolute atomic E-state index is 12.4. The molecule has 0 unspecified atom stereocenters. The molecular formula is C26H23NO5. The number of hydrogen-bond acceptors (Lipinski definition) is 4. The monoisotopic (exact) mass is 429 g/mol. The van der Waals surface area contributed by atoms with Gasteiger partial charge in [-0.2, -0.15) is 0 Å². The molecule has 4 aromatic rings. The average molecular weight is 429 g/mol. The first-order valence-corrected chi connectivity index (χ1v) is 10.2. The lowest BCUT2D eigenvalue weighted by Gasteiger charge is -2.14. The second kappa shape index (κ2) is 8.23. The molecule has 0 atom stereocenters. The number of aromatic carboxylic acids is 1. The number of ether oxygens (including phenoxy) is 1. The first-order valence-electron chi connectivity index (χ1n) is 10.2. The van der Waals surface area contributed by atoms with Crippen molar-refractivity contribution in [1.29, 1.82) is 0 Å². The van der Waals surface area contributed by atoms with E-state index in [4.69, 9.17) is 4.74 Å². The lowest BCUT2D eigenvalue weighted by Crippen LogP contribution is -2.04. The molecule has 0 radical (unpaired) electrons. The SMILES string of the molecule is COC(=O)c1ccc(-c2c(C(=O)O)c3cc(O)ccc3n2-c2ccc(C(C)C)cc2)cc1. The Balaban J connectivity index is 2.03. The van der Waals surface area contributed by atoms with E-state index < -0.39 is 11.9 Å². The molecule has 0 spiro atoms. The lowest BCUT2D eigenvalue weighted by atomic mass is 10.0. The first kappa shape index (κ1) is 21.2. The standard InChI is InChI=1S/C26H23NO5/c1-15(2)16-8-10-19(11-9-16)27-22-13-12-20(28)14-21(22)23(25(29)30)24(27)17-4-6-18(7-5-17)26(31)32-3/h4-15,28H,1-3H3,(H,29,30). The average Bonchev–Trinajstić information content (AvgIpc) is 3.13. The number of aromatic nitrogens is 1. The molecule has 0 saturated heterocycles. The number of carbonyl (C=O) groups is 2. The summed E-state index contributed by atoms with van der Waals surface area (Å²) in [5.41, 5.74) is 4.16. The molecule has 0 saturated carbocycles. The molecular weight excluding hydrogens is 406 g/mol. The zero-order valence-electron chi connectivity index (χ0n) is 18.0. The summed E-state index contributed by atoms with van der Waals surface area (Å²) in [7, 11) is 1.31. The Bertz CT molecular complexity index is 1320. The molecule has 0 bridgehead atoms. The molecule has 162 valence electrons. The Kier molecular flexibility index (Phi) is 5.45. The molecule has 3 aromatic carbocycles. The van der Waals surface area contributed by atoms with Crippen molar-refractivity contribution in [2.24, 2.45) is 0 Å². The van der Waals surface area contributed by atoms with Crippen molar-refractivity contribution in [2.75, 3.05) is 7.11 Å². The first-order chi connectivity index (χ1) is 15.3. The summed E-state index contributed by atoms with van der Waals surface area (Å²) in [6, 6.07) is 19.3. The number of hydrogen-bond donors (Lipinski definition) is 2. The fourth-order valence-corrected chi connectivity index (χ4v) is 3.93. The summed E-state index contributed by atoms with van der Waals surface area (Å²) in [4.78, 5) is 24.2. The highest BCUT2D eigenvalue weighted by Crippen LogP contribution is 2.38. The van der Waals surface area contributed by atoms with Crippen LogP contribution in [0.25, 0.3) is 27.8 Å². The second-order valence-corrected chi connectivity index (χ2v) is 7.88. The van der Waals surface area contributed by atoms with E-state index in [2.05, 4.69) is 13.8 Å². The molecule has 4 rings (SSSR count). The number of fused-ring (bicyclic) bond motifs is 1. The van der Waals surface area contributed by atoms with Crippen LogP contribution in [0, 0.1) is 0 Å². The number of phenolic OH excluding ortho intramolecular Hbond substituents is 1. The maximum atomic E-state index is 12.4. The number of esters is 1. The van der Waals surface area contributed by atoms with Gasteiger partial charge in [0.05, 0.1) is 29.4 Å². The van der Waals surface area contributed by atoms with Gasteiger partial charge in [-0.3, -0.25) is 0 Å². The molecule has 2 N–H and O–H groups in total. The minimum absolute atomic E-state index is 0.0140. The molecule has 6 heteroatoms. The molecule has 0 aliphatic carbocycles. The van der Waals surface area contributed by atoms with Crippen LogP contribution < -0.4 is 0 Å². The smallest absolute Gasteiger partial charge is 0.338 e. The Morgan fingerprint density at radius 1 is 0.938 bits per heavy atom. The van der Waals surface area contributed by atoms with E-state index in [1.165, 1.54) is 24.8 Å². The molecule has 0 amide bonds. The Labute approximate surface area is 185 Å². The number of aromatic hydroxyl groups is 1. The zero-order chi connectivity index (χ0) is 23.0. The third-order valence-electron chi connectivity index (χ3n) is 5.56. The van der Waals surface area contributed by atoms with Gasteiger partial charge in [0.25, 0.3) is 0 Å². The van der Waals surface area contributed by atoms with Gasteiger partial charge in [-0.05, 0) is 59.5 Å². The van der Waals surface area contributed by atoms with Crippen molar-refractivity contribution >= 4 is 22.8 Å². The van der Waals surface area contributed by atoms with Gasteiger partial charge in [-0.1, -0.05) is 38.1 Å². The van der Waals surface area contributed by atoms with Crippen molar-refractivity contribution in [3.05, 3.63) is 83.4 Å². The number of carboxylic acids is 1. The predicted octanol–water partition coefficient (Wildman–Crippen LogP) is 5.61. The second-order valence-electron chi connectivity index (χ2n) is 7.88. The van der Waals surface area contributed by atoms with E-state index in [-0.39, 0.29) is 11.3 Å². The summed E-state index contributed by atoms with van der Waals surface area (Å²) >= 11 is 0. The van der Waals surface area contributed by atoms with Gasteiger partial charge >= 0.3 is 11.9 Å². The number of methoxy groups -OCH3 is 1. The summed E-state index contributed by atoms with van der Waals surface area (Å²) in [6.07, 6.45) is 0. The minimum atomic E-state index is -1.11. The zero-order valence-corrected chi connectivity index (χ0v) is 18.0. The summed E-state index contributed by atoms with van der Waals surface area (Å²) in [5, 5.41) is 20.6. The van der Waals surface area contributed by atoms with E-state index in [1.54, 1.807) is 30.3 Å². The largest absolute Gasteiger partial charge is 0.508 e. The number of phenols is 1. The van der Waals surface area contributed by atoms with Crippen LogP contribution >= 0.6 is 0 Å². The van der Waals surface area contributed by atoms with Crippen molar-refractivity contribution < 1.29 is 24.5 Å². The molecule has 32 heavy (non-hydrogen) atoms. The number of carbonyl (C=O) groups excluding carboxylic acids is 1. The predicted molar refractivity (Wildman–Crippen MR) is 123 cm³/mol. The summed E-state index contributed by atoms with van der Waals surface area (Å²) in [5.74, 6) is -1.22. The van der Waals surface area contributed by atoms with E-state index in [0.717, 1.165) is 5.69 Å². The van der Waals surface area contributed by atoms with Crippen LogP contribution in [0.2, 0.25) is 0 Å². The van der Waals surface area contributed by atoms with Crippen LogP contribution in [0.4, 0.5) is 0 Å². The number of benzene rings is 3. The molecule has 1 aromatic heterocycles. The highest BCUT2D eigenvalue weighted by atomic mass is 16.5. The summed E-state index contributed by atoms with van der Waals surface area (Å²) in [6.45, 7) is 4.22. The molecule has 1 heterocycles. The van der Waals surface area contributed by atoms with Crippen LogP contribution in [0.1, 0.15) is 46.0 Å². The van der Waals surface area contributed by atoms with Gasteiger partial charge in [0.1, 0.15) is 5.75 Å². The summed E-state index contributed by atoms with van der Waals surface area (Å²) < 4.78 is 6.63. The third-order valence-corrected chi connectivity index (χ3v) is 5.56. The Morgan fingerprint density at radius 2 is 1.59 bits per heavy atom. The Hall–Kier alpha value is -4.06. The van der Waals surface area contributed by atoms with Gasteiger partial charge in [0.15, 0.2) is 0 Å².